The molecular weight excluding hydrogens is 236 g/mol. The number of nitrogens with zero attached hydrogens (tertiary/aromatic N) is 1. The van der Waals surface area contributed by atoms with Crippen LogP contribution in [0.15, 0.2) is 0 Å². The molecule has 3 N–H and O–H groups in total. The Bertz CT molecular complexity index is 354. The number of hydrogen-bond donors (Lipinski definition) is 2. The summed E-state index contributed by atoms with van der Waals surface area (Å²) in [5, 5.41) is 8.56. The first-order valence-corrected chi connectivity index (χ1v) is 6.26. The van der Waals surface area contributed by atoms with Gasteiger partial charge >= 0.3 is 5.97 Å². The average Bonchev–Trinajstić information content (AvgIpc) is 2.21. The van der Waals surface area contributed by atoms with E-state index in [1.165, 1.54) is 0 Å². The molecule has 2 fully saturated rings. The molecule has 1 saturated carbocycles. The summed E-state index contributed by atoms with van der Waals surface area (Å²) in [7, 11) is 0. The Hall–Kier alpha value is -1.14. The highest BCUT2D eigenvalue weighted by Gasteiger charge is 2.51. The maximum atomic E-state index is 12.3. The molecule has 0 aromatic rings. The number of nitrogens with two attached hydrogens (primary N) is 1. The molecule has 1 heterocycles. The lowest BCUT2D eigenvalue weighted by Crippen LogP contribution is -2.67. The summed E-state index contributed by atoms with van der Waals surface area (Å²) in [6.07, 6.45) is 2.79. The molecular formula is C12H20N2O4. The van der Waals surface area contributed by atoms with Crippen LogP contribution in [-0.4, -0.2) is 53.7 Å². The van der Waals surface area contributed by atoms with E-state index in [1.807, 2.05) is 6.92 Å². The monoisotopic (exact) mass is 256 g/mol. The highest BCUT2D eigenvalue weighted by molar-refractivity contribution is 5.85. The quantitative estimate of drug-likeness (QED) is 0.711. The van der Waals surface area contributed by atoms with Crippen molar-refractivity contribution in [2.24, 2.45) is 11.1 Å². The van der Waals surface area contributed by atoms with Crippen molar-refractivity contribution < 1.29 is 19.4 Å². The Morgan fingerprint density at radius 3 is 2.39 bits per heavy atom. The van der Waals surface area contributed by atoms with E-state index >= 15 is 0 Å². The SMILES string of the molecule is CC1(OCC(=O)O)CN(C(=O)C2(CN)CCC2)C1. The number of carboxylic acid groups (broad SMARTS) is 1. The maximum absolute atomic E-state index is 12.3. The summed E-state index contributed by atoms with van der Waals surface area (Å²) in [5.74, 6) is -0.883. The zero-order valence-corrected chi connectivity index (χ0v) is 10.6. The van der Waals surface area contributed by atoms with Crippen molar-refractivity contribution in [3.8, 4) is 0 Å². The normalized spacial score (nSPS) is 24.0. The van der Waals surface area contributed by atoms with Crippen LogP contribution in [0, 0.1) is 5.41 Å². The molecule has 6 heteroatoms. The van der Waals surface area contributed by atoms with Gasteiger partial charge in [0.1, 0.15) is 12.2 Å². The minimum absolute atomic E-state index is 0.104. The molecule has 0 unspecified atom stereocenters. The molecule has 0 spiro atoms. The topological polar surface area (TPSA) is 92.9 Å². The summed E-state index contributed by atoms with van der Waals surface area (Å²) >= 11 is 0. The number of carbonyl (C=O) groups excluding carboxylic acids is 1. The second kappa shape index (κ2) is 4.51. The first-order chi connectivity index (χ1) is 8.41. The minimum Gasteiger partial charge on any atom is -0.480 e. The lowest BCUT2D eigenvalue weighted by molar-refractivity contribution is -0.182. The maximum Gasteiger partial charge on any atom is 0.329 e. The molecule has 0 radical (unpaired) electrons. The van der Waals surface area contributed by atoms with Crippen molar-refractivity contribution in [3.05, 3.63) is 0 Å². The van der Waals surface area contributed by atoms with Crippen LogP contribution >= 0.6 is 0 Å². The Balaban J connectivity index is 1.84. The summed E-state index contributed by atoms with van der Waals surface area (Å²) in [4.78, 5) is 24.4. The number of hydrogen-bond acceptors (Lipinski definition) is 4. The van der Waals surface area contributed by atoms with Gasteiger partial charge in [-0.05, 0) is 19.8 Å². The average molecular weight is 256 g/mol. The van der Waals surface area contributed by atoms with E-state index in [0.717, 1.165) is 19.3 Å². The highest BCUT2D eigenvalue weighted by Crippen LogP contribution is 2.43. The Morgan fingerprint density at radius 2 is 2.00 bits per heavy atom. The summed E-state index contributed by atoms with van der Waals surface area (Å²) in [6.45, 7) is 2.83. The van der Waals surface area contributed by atoms with Crippen LogP contribution in [0.4, 0.5) is 0 Å². The summed E-state index contributed by atoms with van der Waals surface area (Å²) in [5.41, 5.74) is 4.82. The predicted octanol–water partition coefficient (Wildman–Crippen LogP) is -0.182. The Morgan fingerprint density at radius 1 is 1.39 bits per heavy atom. The molecule has 1 aliphatic heterocycles. The van der Waals surface area contributed by atoms with Crippen LogP contribution < -0.4 is 5.73 Å². The fraction of sp³-hybridized carbons (Fsp3) is 0.833. The molecule has 102 valence electrons. The molecule has 6 nitrogen and oxygen atoms in total. The van der Waals surface area contributed by atoms with E-state index in [4.69, 9.17) is 15.6 Å². The number of likely N-dealkylation sites (tertiary alicyclic amines) is 1. The van der Waals surface area contributed by atoms with Gasteiger partial charge in [-0.3, -0.25) is 4.79 Å². The summed E-state index contributed by atoms with van der Waals surface area (Å²) < 4.78 is 5.28. The van der Waals surface area contributed by atoms with Gasteiger partial charge in [-0.2, -0.15) is 0 Å². The molecule has 2 rings (SSSR count). The van der Waals surface area contributed by atoms with E-state index in [-0.39, 0.29) is 17.9 Å². The third-order valence-corrected chi connectivity index (χ3v) is 4.04. The van der Waals surface area contributed by atoms with Crippen molar-refractivity contribution in [1.29, 1.82) is 0 Å². The van der Waals surface area contributed by atoms with Crippen LogP contribution in [0.3, 0.4) is 0 Å². The number of rotatable bonds is 5. The van der Waals surface area contributed by atoms with Gasteiger partial charge in [0.2, 0.25) is 5.91 Å². The third kappa shape index (κ3) is 2.22. The predicted molar refractivity (Wildman–Crippen MR) is 63.9 cm³/mol. The van der Waals surface area contributed by atoms with Crippen molar-refractivity contribution in [1.82, 2.24) is 4.90 Å². The zero-order valence-electron chi connectivity index (χ0n) is 10.6. The van der Waals surface area contributed by atoms with Gasteiger partial charge in [0, 0.05) is 6.54 Å². The van der Waals surface area contributed by atoms with E-state index in [9.17, 15) is 9.59 Å². The van der Waals surface area contributed by atoms with Crippen molar-refractivity contribution in [2.75, 3.05) is 26.2 Å². The van der Waals surface area contributed by atoms with Gasteiger partial charge in [-0.25, -0.2) is 4.79 Å². The molecule has 1 aliphatic carbocycles. The lowest BCUT2D eigenvalue weighted by atomic mass is 9.67. The van der Waals surface area contributed by atoms with Gasteiger partial charge in [0.05, 0.1) is 18.5 Å². The number of carboxylic acids is 1. The van der Waals surface area contributed by atoms with Crippen LogP contribution in [0.2, 0.25) is 0 Å². The molecule has 1 saturated heterocycles. The van der Waals surface area contributed by atoms with E-state index in [0.29, 0.717) is 19.6 Å². The van der Waals surface area contributed by atoms with Crippen LogP contribution in [-0.2, 0) is 14.3 Å². The van der Waals surface area contributed by atoms with Gasteiger partial charge in [0.25, 0.3) is 0 Å². The second-order valence-corrected chi connectivity index (χ2v) is 5.63. The van der Waals surface area contributed by atoms with E-state index in [2.05, 4.69) is 0 Å². The molecule has 2 aliphatic rings. The number of aliphatic carboxylic acids is 1. The molecule has 18 heavy (non-hydrogen) atoms. The van der Waals surface area contributed by atoms with Crippen molar-refractivity contribution in [3.63, 3.8) is 0 Å². The summed E-state index contributed by atoms with van der Waals surface area (Å²) in [6, 6.07) is 0. The fourth-order valence-electron chi connectivity index (χ4n) is 2.68. The van der Waals surface area contributed by atoms with Crippen LogP contribution in [0.25, 0.3) is 0 Å². The Kier molecular flexibility index (Phi) is 3.33. The number of carbonyl (C=O) groups is 2. The lowest BCUT2D eigenvalue weighted by Gasteiger charge is -2.52. The first kappa shape index (κ1) is 13.3. The molecule has 1 amide bonds. The smallest absolute Gasteiger partial charge is 0.329 e. The second-order valence-electron chi connectivity index (χ2n) is 5.63. The van der Waals surface area contributed by atoms with E-state index in [1.54, 1.807) is 4.90 Å². The first-order valence-electron chi connectivity index (χ1n) is 6.26. The van der Waals surface area contributed by atoms with E-state index < -0.39 is 11.6 Å². The van der Waals surface area contributed by atoms with Gasteiger partial charge < -0.3 is 20.5 Å². The standard InChI is InChI=1S/C12H20N2O4/c1-11(18-5-9(15)16)7-14(8-11)10(17)12(6-13)3-2-4-12/h2-8,13H2,1H3,(H,15,16). The number of amides is 1. The zero-order chi connectivity index (χ0) is 13.4. The van der Waals surface area contributed by atoms with Gasteiger partial charge in [-0.1, -0.05) is 6.42 Å². The van der Waals surface area contributed by atoms with Crippen molar-refractivity contribution in [2.45, 2.75) is 31.8 Å². The molecule has 0 bridgehead atoms. The highest BCUT2D eigenvalue weighted by atomic mass is 16.5. The van der Waals surface area contributed by atoms with Crippen LogP contribution in [0.5, 0.6) is 0 Å². The Labute approximate surface area is 106 Å². The van der Waals surface area contributed by atoms with Crippen molar-refractivity contribution >= 4 is 11.9 Å². The number of ether oxygens (including phenoxy) is 1. The molecule has 0 atom stereocenters. The van der Waals surface area contributed by atoms with Gasteiger partial charge in [-0.15, -0.1) is 0 Å². The third-order valence-electron chi connectivity index (χ3n) is 4.04. The van der Waals surface area contributed by atoms with Gasteiger partial charge in [0.15, 0.2) is 0 Å². The molecule has 0 aromatic carbocycles. The largest absolute Gasteiger partial charge is 0.480 e. The molecule has 0 aromatic heterocycles. The fourth-order valence-corrected chi connectivity index (χ4v) is 2.68. The minimum atomic E-state index is -0.988. The van der Waals surface area contributed by atoms with Crippen LogP contribution in [0.1, 0.15) is 26.2 Å².